The fraction of sp³-hybridized carbons (Fsp3) is 1.00. The molecule has 0 heteroatoms. The molecule has 1 aliphatic rings. The molecule has 0 atom stereocenters. The van der Waals surface area contributed by atoms with Crippen LogP contribution < -0.4 is 0 Å². The van der Waals surface area contributed by atoms with Crippen molar-refractivity contribution in [2.75, 3.05) is 0 Å². The molecule has 0 radical (unpaired) electrons. The van der Waals surface area contributed by atoms with Crippen LogP contribution in [0.1, 0.15) is 117 Å². The Bertz CT molecular complexity index is 188. The van der Waals surface area contributed by atoms with Gasteiger partial charge in [0.2, 0.25) is 0 Å². The van der Waals surface area contributed by atoms with E-state index in [9.17, 15) is 0 Å². The molecule has 1 rings (SSSR count). The Kier molecular flexibility index (Phi) is 11.5. The van der Waals surface area contributed by atoms with Crippen LogP contribution in [0.15, 0.2) is 0 Å². The van der Waals surface area contributed by atoms with Crippen molar-refractivity contribution in [3.05, 3.63) is 0 Å². The lowest BCUT2D eigenvalue weighted by molar-refractivity contribution is 0.253. The Hall–Kier alpha value is 0. The Balaban J connectivity index is 1.79. The van der Waals surface area contributed by atoms with Crippen molar-refractivity contribution in [2.45, 2.75) is 117 Å². The SMILES string of the molecule is CCCCCCCCCCCCC1CCC(CC)CC1. The van der Waals surface area contributed by atoms with Gasteiger partial charge in [0.05, 0.1) is 0 Å². The summed E-state index contributed by atoms with van der Waals surface area (Å²) in [4.78, 5) is 0. The summed E-state index contributed by atoms with van der Waals surface area (Å²) in [5.74, 6) is 2.16. The molecule has 0 aliphatic heterocycles. The van der Waals surface area contributed by atoms with Gasteiger partial charge in [-0.05, 0) is 11.8 Å². The molecule has 0 bridgehead atoms. The quantitative estimate of drug-likeness (QED) is 0.324. The number of rotatable bonds is 12. The molecule has 0 aromatic heterocycles. The molecule has 1 saturated carbocycles. The summed E-state index contributed by atoms with van der Waals surface area (Å²) < 4.78 is 0. The average Bonchev–Trinajstić information content (AvgIpc) is 2.50. The average molecular weight is 281 g/mol. The van der Waals surface area contributed by atoms with Gasteiger partial charge < -0.3 is 0 Å². The predicted molar refractivity (Wildman–Crippen MR) is 92.2 cm³/mol. The predicted octanol–water partition coefficient (Wildman–Crippen LogP) is 7.51. The fourth-order valence-electron chi connectivity index (χ4n) is 3.85. The van der Waals surface area contributed by atoms with Gasteiger partial charge in [0.1, 0.15) is 0 Å². The zero-order valence-electron chi connectivity index (χ0n) is 14.5. The van der Waals surface area contributed by atoms with Crippen LogP contribution in [-0.4, -0.2) is 0 Å². The second kappa shape index (κ2) is 12.7. The number of hydrogen-bond acceptors (Lipinski definition) is 0. The van der Waals surface area contributed by atoms with E-state index >= 15 is 0 Å². The smallest absolute Gasteiger partial charge is 0.0414 e. The van der Waals surface area contributed by atoms with Gasteiger partial charge in [-0.1, -0.05) is 117 Å². The highest BCUT2D eigenvalue weighted by Gasteiger charge is 2.19. The third-order valence-electron chi connectivity index (χ3n) is 5.51. The van der Waals surface area contributed by atoms with Gasteiger partial charge in [0, 0.05) is 0 Å². The zero-order chi connectivity index (χ0) is 14.5. The zero-order valence-corrected chi connectivity index (χ0v) is 14.5. The largest absolute Gasteiger partial charge is 0.0654 e. The van der Waals surface area contributed by atoms with Gasteiger partial charge >= 0.3 is 0 Å². The first-order valence-corrected chi connectivity index (χ1v) is 9.86. The van der Waals surface area contributed by atoms with Crippen molar-refractivity contribution in [3.63, 3.8) is 0 Å². The van der Waals surface area contributed by atoms with Gasteiger partial charge in [-0.2, -0.15) is 0 Å². The minimum absolute atomic E-state index is 1.07. The first-order chi connectivity index (χ1) is 9.86. The summed E-state index contributed by atoms with van der Waals surface area (Å²) in [7, 11) is 0. The molecule has 0 amide bonds. The first kappa shape index (κ1) is 18.1. The molecule has 0 spiro atoms. The molecule has 0 nitrogen and oxygen atoms in total. The molecule has 0 heterocycles. The van der Waals surface area contributed by atoms with Crippen molar-refractivity contribution >= 4 is 0 Å². The van der Waals surface area contributed by atoms with Crippen molar-refractivity contribution in [1.29, 1.82) is 0 Å². The van der Waals surface area contributed by atoms with Gasteiger partial charge in [0.25, 0.3) is 0 Å². The highest BCUT2D eigenvalue weighted by molar-refractivity contribution is 4.71. The van der Waals surface area contributed by atoms with E-state index in [1.165, 1.54) is 103 Å². The monoisotopic (exact) mass is 280 g/mol. The maximum absolute atomic E-state index is 2.37. The number of unbranched alkanes of at least 4 members (excludes halogenated alkanes) is 9. The molecule has 1 fully saturated rings. The van der Waals surface area contributed by atoms with Crippen molar-refractivity contribution in [3.8, 4) is 0 Å². The van der Waals surface area contributed by atoms with E-state index in [-0.39, 0.29) is 0 Å². The van der Waals surface area contributed by atoms with Crippen LogP contribution in [0.25, 0.3) is 0 Å². The normalized spacial score (nSPS) is 23.1. The van der Waals surface area contributed by atoms with Crippen molar-refractivity contribution < 1.29 is 0 Å². The lowest BCUT2D eigenvalue weighted by Gasteiger charge is -2.27. The molecular weight excluding hydrogens is 240 g/mol. The van der Waals surface area contributed by atoms with Crippen molar-refractivity contribution in [2.24, 2.45) is 11.8 Å². The first-order valence-electron chi connectivity index (χ1n) is 9.86. The Morgan fingerprint density at radius 1 is 0.550 bits per heavy atom. The van der Waals surface area contributed by atoms with E-state index in [1.807, 2.05) is 0 Å². The maximum atomic E-state index is 2.37. The maximum Gasteiger partial charge on any atom is -0.0414 e. The van der Waals surface area contributed by atoms with E-state index in [2.05, 4.69) is 13.8 Å². The summed E-state index contributed by atoms with van der Waals surface area (Å²) in [5.41, 5.74) is 0. The van der Waals surface area contributed by atoms with Gasteiger partial charge in [-0.15, -0.1) is 0 Å². The summed E-state index contributed by atoms with van der Waals surface area (Å²) in [6.45, 7) is 4.67. The third kappa shape index (κ3) is 9.03. The summed E-state index contributed by atoms with van der Waals surface area (Å²) >= 11 is 0. The highest BCUT2D eigenvalue weighted by Crippen LogP contribution is 2.33. The molecule has 20 heavy (non-hydrogen) atoms. The molecule has 0 aromatic rings. The van der Waals surface area contributed by atoms with E-state index in [4.69, 9.17) is 0 Å². The Morgan fingerprint density at radius 3 is 1.50 bits per heavy atom. The van der Waals surface area contributed by atoms with E-state index in [0.717, 1.165) is 11.8 Å². The van der Waals surface area contributed by atoms with Gasteiger partial charge in [0.15, 0.2) is 0 Å². The summed E-state index contributed by atoms with van der Waals surface area (Å²) in [5, 5.41) is 0. The van der Waals surface area contributed by atoms with E-state index in [1.54, 1.807) is 0 Å². The Labute approximate surface area is 129 Å². The lowest BCUT2D eigenvalue weighted by atomic mass is 9.79. The van der Waals surface area contributed by atoms with E-state index in [0.29, 0.717) is 0 Å². The summed E-state index contributed by atoms with van der Waals surface area (Å²) in [6.07, 6.45) is 23.8. The standard InChI is InChI=1S/C20H40/c1-3-5-6-7-8-9-10-11-12-13-14-20-17-15-19(4-2)16-18-20/h19-20H,3-18H2,1-2H3. The highest BCUT2D eigenvalue weighted by atomic mass is 14.2. The van der Waals surface area contributed by atoms with Crippen LogP contribution in [0.5, 0.6) is 0 Å². The molecule has 0 aromatic carbocycles. The second-order valence-electron chi connectivity index (χ2n) is 7.27. The lowest BCUT2D eigenvalue weighted by Crippen LogP contribution is -2.13. The minimum atomic E-state index is 1.07. The molecular formula is C20H40. The van der Waals surface area contributed by atoms with E-state index < -0.39 is 0 Å². The molecule has 120 valence electrons. The van der Waals surface area contributed by atoms with Crippen LogP contribution in [0.4, 0.5) is 0 Å². The Morgan fingerprint density at radius 2 is 1.00 bits per heavy atom. The third-order valence-corrected chi connectivity index (χ3v) is 5.51. The van der Waals surface area contributed by atoms with Gasteiger partial charge in [-0.3, -0.25) is 0 Å². The molecule has 0 N–H and O–H groups in total. The molecule has 1 aliphatic carbocycles. The topological polar surface area (TPSA) is 0 Å². The van der Waals surface area contributed by atoms with Gasteiger partial charge in [-0.25, -0.2) is 0 Å². The minimum Gasteiger partial charge on any atom is -0.0654 e. The van der Waals surface area contributed by atoms with Crippen LogP contribution >= 0.6 is 0 Å². The fourth-order valence-corrected chi connectivity index (χ4v) is 3.85. The van der Waals surface area contributed by atoms with Crippen molar-refractivity contribution in [1.82, 2.24) is 0 Å². The summed E-state index contributed by atoms with van der Waals surface area (Å²) in [6, 6.07) is 0. The van der Waals surface area contributed by atoms with Crippen LogP contribution in [-0.2, 0) is 0 Å². The molecule has 0 unspecified atom stereocenters. The van der Waals surface area contributed by atoms with Crippen LogP contribution in [0, 0.1) is 11.8 Å². The molecule has 0 saturated heterocycles. The number of hydrogen-bond donors (Lipinski definition) is 0. The second-order valence-corrected chi connectivity index (χ2v) is 7.27. The van der Waals surface area contributed by atoms with Crippen LogP contribution in [0.3, 0.4) is 0 Å². The van der Waals surface area contributed by atoms with Crippen LogP contribution in [0.2, 0.25) is 0 Å².